The molecule has 2 aromatic carbocycles. The third-order valence-electron chi connectivity index (χ3n) is 3.44. The van der Waals surface area contributed by atoms with Crippen molar-refractivity contribution in [2.24, 2.45) is 0 Å². The SMILES string of the molecule is [O-]c1ccc(C(c2ccc(O)cc2)(C(F)(F)F)C(F)(F)F)cc1. The Kier molecular flexibility index (Phi) is 3.96. The highest BCUT2D eigenvalue weighted by Crippen LogP contribution is 2.56. The largest absolute Gasteiger partial charge is 0.872 e. The van der Waals surface area contributed by atoms with Crippen LogP contribution >= 0.6 is 0 Å². The summed E-state index contributed by atoms with van der Waals surface area (Å²) in [5, 5.41) is 20.2. The van der Waals surface area contributed by atoms with Crippen LogP contribution in [0.4, 0.5) is 26.3 Å². The molecule has 0 bridgehead atoms. The first kappa shape index (κ1) is 17.0. The molecule has 1 N–H and O–H groups in total. The summed E-state index contributed by atoms with van der Waals surface area (Å²) in [4.78, 5) is 0. The van der Waals surface area contributed by atoms with E-state index in [0.29, 0.717) is 36.4 Å². The fourth-order valence-electron chi connectivity index (χ4n) is 2.40. The topological polar surface area (TPSA) is 43.3 Å². The van der Waals surface area contributed by atoms with E-state index in [2.05, 4.69) is 0 Å². The molecule has 23 heavy (non-hydrogen) atoms. The summed E-state index contributed by atoms with van der Waals surface area (Å²) in [5.41, 5.74) is -6.53. The second-order valence-electron chi connectivity index (χ2n) is 4.82. The van der Waals surface area contributed by atoms with Crippen molar-refractivity contribution in [3.05, 3.63) is 59.7 Å². The van der Waals surface area contributed by atoms with Gasteiger partial charge in [0.15, 0.2) is 0 Å². The highest BCUT2D eigenvalue weighted by atomic mass is 19.4. The number of hydrogen-bond donors (Lipinski definition) is 1. The number of benzene rings is 2. The van der Waals surface area contributed by atoms with Gasteiger partial charge in [-0.3, -0.25) is 0 Å². The predicted octanol–water partition coefficient (Wildman–Crippen LogP) is 3.88. The van der Waals surface area contributed by atoms with Crippen LogP contribution in [0.1, 0.15) is 11.1 Å². The van der Waals surface area contributed by atoms with Crippen molar-refractivity contribution in [3.63, 3.8) is 0 Å². The number of rotatable bonds is 2. The fraction of sp³-hybridized carbons (Fsp3) is 0.200. The smallest absolute Gasteiger partial charge is 0.411 e. The molecule has 0 radical (unpaired) electrons. The Hall–Kier alpha value is -2.38. The van der Waals surface area contributed by atoms with Gasteiger partial charge in [0.2, 0.25) is 5.41 Å². The van der Waals surface area contributed by atoms with Gasteiger partial charge in [0.25, 0.3) is 0 Å². The summed E-state index contributed by atoms with van der Waals surface area (Å²) in [6.07, 6.45) is -11.4. The van der Waals surface area contributed by atoms with Crippen LogP contribution in [0, 0.1) is 0 Å². The van der Waals surface area contributed by atoms with E-state index < -0.39 is 40.4 Å². The lowest BCUT2D eigenvalue weighted by atomic mass is 9.73. The summed E-state index contributed by atoms with van der Waals surface area (Å²) in [5.74, 6) is -1.18. The maximum Gasteiger partial charge on any atom is 0.411 e. The number of aromatic hydroxyl groups is 1. The van der Waals surface area contributed by atoms with Crippen LogP contribution in [-0.2, 0) is 5.41 Å². The predicted molar refractivity (Wildman–Crippen MR) is 66.9 cm³/mol. The molecule has 8 heteroatoms. The van der Waals surface area contributed by atoms with Gasteiger partial charge >= 0.3 is 12.4 Å². The highest BCUT2D eigenvalue weighted by Gasteiger charge is 2.72. The summed E-state index contributed by atoms with van der Waals surface area (Å²) in [6.45, 7) is 0. The Morgan fingerprint density at radius 3 is 1.35 bits per heavy atom. The quantitative estimate of drug-likeness (QED) is 0.847. The normalized spacial score (nSPS) is 13.1. The minimum atomic E-state index is -5.72. The van der Waals surface area contributed by atoms with Crippen LogP contribution in [0.15, 0.2) is 48.5 Å². The molecular formula is C15H9F6O2-. The average molecular weight is 335 g/mol. The van der Waals surface area contributed by atoms with E-state index in [1.807, 2.05) is 0 Å². The number of phenolic OH excluding ortho intramolecular Hbond substituents is 1. The molecule has 2 nitrogen and oxygen atoms in total. The maximum absolute atomic E-state index is 13.6. The third kappa shape index (κ3) is 2.69. The Morgan fingerprint density at radius 1 is 0.652 bits per heavy atom. The van der Waals surface area contributed by atoms with E-state index in [1.165, 1.54) is 0 Å². The molecule has 0 aliphatic heterocycles. The number of alkyl halides is 6. The zero-order chi connectivity index (χ0) is 17.5. The standard InChI is InChI=1S/C15H10F6O2/c16-14(17,18)13(15(19,20)21,9-1-5-11(22)6-2-9)10-3-7-12(23)8-4-10/h1-8,22-23H/p-1. The summed E-state index contributed by atoms with van der Waals surface area (Å²) in [6, 6.07) is 4.90. The van der Waals surface area contributed by atoms with E-state index in [9.17, 15) is 31.4 Å². The zero-order valence-electron chi connectivity index (χ0n) is 11.2. The Balaban J connectivity index is 2.86. The van der Waals surface area contributed by atoms with Gasteiger partial charge in [-0.2, -0.15) is 26.3 Å². The molecule has 0 amide bonds. The van der Waals surface area contributed by atoms with E-state index in [1.54, 1.807) is 0 Å². The van der Waals surface area contributed by atoms with E-state index in [0.717, 1.165) is 12.1 Å². The van der Waals surface area contributed by atoms with Gasteiger partial charge in [-0.25, -0.2) is 0 Å². The molecule has 0 saturated carbocycles. The van der Waals surface area contributed by atoms with Gasteiger partial charge in [0.05, 0.1) is 0 Å². The monoisotopic (exact) mass is 335 g/mol. The second kappa shape index (κ2) is 5.36. The molecule has 0 saturated heterocycles. The minimum absolute atomic E-state index is 0.470. The number of hydrogen-bond acceptors (Lipinski definition) is 2. The van der Waals surface area contributed by atoms with Crippen molar-refractivity contribution in [1.29, 1.82) is 0 Å². The molecule has 0 spiro atoms. The zero-order valence-corrected chi connectivity index (χ0v) is 11.2. The first-order valence-corrected chi connectivity index (χ1v) is 6.20. The molecule has 0 aliphatic rings. The van der Waals surface area contributed by atoms with Crippen molar-refractivity contribution in [2.75, 3.05) is 0 Å². The van der Waals surface area contributed by atoms with E-state index >= 15 is 0 Å². The molecule has 0 aromatic heterocycles. The van der Waals surface area contributed by atoms with Gasteiger partial charge in [0, 0.05) is 0 Å². The van der Waals surface area contributed by atoms with Crippen LogP contribution in [0.2, 0.25) is 0 Å². The molecule has 0 atom stereocenters. The van der Waals surface area contributed by atoms with Crippen LogP contribution in [-0.4, -0.2) is 17.5 Å². The highest BCUT2D eigenvalue weighted by molar-refractivity contribution is 5.46. The average Bonchev–Trinajstić information content (AvgIpc) is 2.40. The van der Waals surface area contributed by atoms with Crippen molar-refractivity contribution >= 4 is 0 Å². The van der Waals surface area contributed by atoms with Gasteiger partial charge in [-0.05, 0) is 23.3 Å². The van der Waals surface area contributed by atoms with Gasteiger partial charge in [-0.15, -0.1) is 5.75 Å². The molecule has 2 rings (SSSR count). The van der Waals surface area contributed by atoms with Crippen LogP contribution < -0.4 is 5.11 Å². The minimum Gasteiger partial charge on any atom is -0.872 e. The molecule has 0 heterocycles. The molecule has 2 aromatic rings. The molecule has 124 valence electrons. The molecular weight excluding hydrogens is 326 g/mol. The Bertz CT molecular complexity index is 610. The summed E-state index contributed by atoms with van der Waals surface area (Å²) >= 11 is 0. The van der Waals surface area contributed by atoms with E-state index in [-0.39, 0.29) is 0 Å². The van der Waals surface area contributed by atoms with Crippen molar-refractivity contribution < 1.29 is 36.6 Å². The molecule has 0 unspecified atom stereocenters. The second-order valence-corrected chi connectivity index (χ2v) is 4.82. The number of halogens is 6. The van der Waals surface area contributed by atoms with Gasteiger partial charge < -0.3 is 10.2 Å². The van der Waals surface area contributed by atoms with E-state index in [4.69, 9.17) is 5.11 Å². The maximum atomic E-state index is 13.6. The summed E-state index contributed by atoms with van der Waals surface area (Å²) < 4.78 is 81.5. The molecule has 0 aliphatic carbocycles. The molecule has 0 fully saturated rings. The van der Waals surface area contributed by atoms with Gasteiger partial charge in [-0.1, -0.05) is 36.4 Å². The lowest BCUT2D eigenvalue weighted by Gasteiger charge is -2.38. The van der Waals surface area contributed by atoms with Gasteiger partial charge in [0.1, 0.15) is 5.75 Å². The lowest BCUT2D eigenvalue weighted by Crippen LogP contribution is -2.54. The first-order chi connectivity index (χ1) is 10.5. The van der Waals surface area contributed by atoms with Crippen LogP contribution in [0.25, 0.3) is 0 Å². The third-order valence-corrected chi connectivity index (χ3v) is 3.44. The van der Waals surface area contributed by atoms with Crippen molar-refractivity contribution in [1.82, 2.24) is 0 Å². The van der Waals surface area contributed by atoms with Crippen molar-refractivity contribution in [3.8, 4) is 11.5 Å². The van der Waals surface area contributed by atoms with Crippen molar-refractivity contribution in [2.45, 2.75) is 17.8 Å². The van der Waals surface area contributed by atoms with Crippen LogP contribution in [0.3, 0.4) is 0 Å². The first-order valence-electron chi connectivity index (χ1n) is 6.20. The fourth-order valence-corrected chi connectivity index (χ4v) is 2.40. The number of phenols is 1. The lowest BCUT2D eigenvalue weighted by molar-refractivity contribution is -0.289. The van der Waals surface area contributed by atoms with Crippen LogP contribution in [0.5, 0.6) is 11.5 Å². The summed E-state index contributed by atoms with van der Waals surface area (Å²) in [7, 11) is 0. The Labute approximate surface area is 126 Å². The Morgan fingerprint density at radius 2 is 1.00 bits per heavy atom.